The van der Waals surface area contributed by atoms with E-state index in [9.17, 15) is 13.2 Å². The van der Waals surface area contributed by atoms with Crippen LogP contribution in [0.5, 0.6) is 0 Å². The molecule has 7 heteroatoms. The Bertz CT molecular complexity index is 476. The molecule has 0 aliphatic carbocycles. The van der Waals surface area contributed by atoms with Gasteiger partial charge in [-0.2, -0.15) is 18.3 Å². The topological polar surface area (TPSA) is 41.6 Å². The fourth-order valence-corrected chi connectivity index (χ4v) is 1.44. The van der Waals surface area contributed by atoms with Crippen molar-refractivity contribution in [1.29, 1.82) is 0 Å². The van der Waals surface area contributed by atoms with Crippen LogP contribution in [0, 0.1) is 0 Å². The van der Waals surface area contributed by atoms with E-state index in [0.29, 0.717) is 4.60 Å². The van der Waals surface area contributed by atoms with Crippen molar-refractivity contribution >= 4 is 26.8 Å². The summed E-state index contributed by atoms with van der Waals surface area (Å²) < 4.78 is 37.5. The molecule has 0 saturated heterocycles. The summed E-state index contributed by atoms with van der Waals surface area (Å²) in [6.45, 7) is 0. The zero-order chi connectivity index (χ0) is 10.3. The van der Waals surface area contributed by atoms with Gasteiger partial charge in [0.15, 0.2) is 0 Å². The fraction of sp³-hybridized carbons (Fsp3) is 0.143. The minimum atomic E-state index is -4.42. The van der Waals surface area contributed by atoms with Gasteiger partial charge in [0, 0.05) is 5.39 Å². The molecule has 0 unspecified atom stereocenters. The summed E-state index contributed by atoms with van der Waals surface area (Å²) >= 11 is 3.00. The largest absolute Gasteiger partial charge is 0.433 e. The third-order valence-electron chi connectivity index (χ3n) is 1.69. The van der Waals surface area contributed by atoms with Crippen molar-refractivity contribution in [2.75, 3.05) is 0 Å². The van der Waals surface area contributed by atoms with Gasteiger partial charge >= 0.3 is 6.18 Å². The summed E-state index contributed by atoms with van der Waals surface area (Å²) in [7, 11) is 0. The molecule has 0 spiro atoms. The number of hydrogen-bond donors (Lipinski definition) is 1. The lowest BCUT2D eigenvalue weighted by molar-refractivity contribution is -0.139. The smallest absolute Gasteiger partial charge is 0.272 e. The summed E-state index contributed by atoms with van der Waals surface area (Å²) in [6, 6.07) is 1.28. The Labute approximate surface area is 84.5 Å². The number of fused-ring (bicyclic) bond motifs is 1. The Morgan fingerprint density at radius 3 is 2.71 bits per heavy atom. The molecule has 0 aliphatic rings. The maximum atomic E-state index is 12.4. The van der Waals surface area contributed by atoms with Crippen molar-refractivity contribution in [3.05, 3.63) is 22.6 Å². The van der Waals surface area contributed by atoms with Crippen LogP contribution in [-0.4, -0.2) is 15.2 Å². The number of halogens is 4. The third kappa shape index (κ3) is 1.47. The Balaban J connectivity index is 2.73. The molecule has 2 heterocycles. The highest BCUT2D eigenvalue weighted by molar-refractivity contribution is 9.10. The van der Waals surface area contributed by atoms with E-state index in [0.717, 1.165) is 0 Å². The molecule has 0 fully saturated rings. The quantitative estimate of drug-likeness (QED) is 0.745. The molecular weight excluding hydrogens is 263 g/mol. The Kier molecular flexibility index (Phi) is 1.99. The van der Waals surface area contributed by atoms with Crippen LogP contribution in [-0.2, 0) is 6.18 Å². The standard InChI is InChI=1S/C7H3BrF3N3/c8-5-1-3-4(2-12-5)13-14-6(3)7(9,10)11/h1-2H,(H,13,14). The Morgan fingerprint density at radius 1 is 1.36 bits per heavy atom. The maximum Gasteiger partial charge on any atom is 0.433 e. The van der Waals surface area contributed by atoms with Gasteiger partial charge in [-0.1, -0.05) is 0 Å². The van der Waals surface area contributed by atoms with Crippen molar-refractivity contribution in [1.82, 2.24) is 15.2 Å². The van der Waals surface area contributed by atoms with Crippen molar-refractivity contribution in [2.24, 2.45) is 0 Å². The average Bonchev–Trinajstić information content (AvgIpc) is 2.45. The predicted molar refractivity (Wildman–Crippen MR) is 46.6 cm³/mol. The summed E-state index contributed by atoms with van der Waals surface area (Å²) in [4.78, 5) is 3.77. The van der Waals surface area contributed by atoms with Gasteiger partial charge in [-0.3, -0.25) is 5.10 Å². The number of hydrogen-bond acceptors (Lipinski definition) is 2. The van der Waals surface area contributed by atoms with Gasteiger partial charge in [0.1, 0.15) is 15.8 Å². The number of alkyl halides is 3. The lowest BCUT2D eigenvalue weighted by Crippen LogP contribution is -2.05. The average molecular weight is 266 g/mol. The Morgan fingerprint density at radius 2 is 2.07 bits per heavy atom. The number of nitrogens with zero attached hydrogens (tertiary/aromatic N) is 2. The molecular formula is C7H3BrF3N3. The second-order valence-corrected chi connectivity index (χ2v) is 3.43. The van der Waals surface area contributed by atoms with Crippen LogP contribution in [0.25, 0.3) is 10.9 Å². The first-order chi connectivity index (χ1) is 6.48. The third-order valence-corrected chi connectivity index (χ3v) is 2.12. The van der Waals surface area contributed by atoms with Crippen LogP contribution >= 0.6 is 15.9 Å². The van der Waals surface area contributed by atoms with Gasteiger partial charge in [-0.25, -0.2) is 4.98 Å². The van der Waals surface area contributed by atoms with Crippen molar-refractivity contribution in [2.45, 2.75) is 6.18 Å². The number of nitrogens with one attached hydrogen (secondary N) is 1. The molecule has 0 saturated carbocycles. The SMILES string of the molecule is FC(F)(F)c1[nH]nc2cnc(Br)cc12. The minimum Gasteiger partial charge on any atom is -0.272 e. The first-order valence-corrected chi connectivity index (χ1v) is 4.34. The van der Waals surface area contributed by atoms with E-state index < -0.39 is 11.9 Å². The van der Waals surface area contributed by atoms with Crippen LogP contribution in [0.2, 0.25) is 0 Å². The van der Waals surface area contributed by atoms with Crippen LogP contribution in [0.15, 0.2) is 16.9 Å². The molecule has 0 aliphatic heterocycles. The molecule has 1 N–H and O–H groups in total. The number of rotatable bonds is 0. The van der Waals surface area contributed by atoms with Crippen molar-refractivity contribution in [3.63, 3.8) is 0 Å². The van der Waals surface area contributed by atoms with E-state index in [1.807, 2.05) is 5.10 Å². The second-order valence-electron chi connectivity index (χ2n) is 2.62. The van der Waals surface area contributed by atoms with Gasteiger partial charge in [0.2, 0.25) is 0 Å². The van der Waals surface area contributed by atoms with Gasteiger partial charge in [0.25, 0.3) is 0 Å². The predicted octanol–water partition coefficient (Wildman–Crippen LogP) is 2.74. The number of pyridine rings is 1. The first kappa shape index (κ1) is 9.45. The summed E-state index contributed by atoms with van der Waals surface area (Å²) in [5.74, 6) is 0. The molecule has 2 aromatic rings. The summed E-state index contributed by atoms with van der Waals surface area (Å²) in [6.07, 6.45) is -3.15. The van der Waals surface area contributed by atoms with Crippen molar-refractivity contribution in [3.8, 4) is 0 Å². The molecule has 74 valence electrons. The highest BCUT2D eigenvalue weighted by Crippen LogP contribution is 2.33. The van der Waals surface area contributed by atoms with E-state index in [4.69, 9.17) is 0 Å². The lowest BCUT2D eigenvalue weighted by Gasteiger charge is -2.02. The van der Waals surface area contributed by atoms with E-state index in [-0.39, 0.29) is 10.9 Å². The lowest BCUT2D eigenvalue weighted by atomic mass is 10.2. The van der Waals surface area contributed by atoms with E-state index in [1.54, 1.807) is 0 Å². The second kappa shape index (κ2) is 2.94. The Hall–Kier alpha value is -1.11. The maximum absolute atomic E-state index is 12.4. The molecule has 0 amide bonds. The van der Waals surface area contributed by atoms with Gasteiger partial charge in [-0.15, -0.1) is 0 Å². The normalized spacial score (nSPS) is 12.3. The number of H-pyrrole nitrogens is 1. The molecule has 3 nitrogen and oxygen atoms in total. The minimum absolute atomic E-state index is 0.0133. The van der Waals surface area contributed by atoms with E-state index in [1.165, 1.54) is 12.3 Å². The molecule has 2 aromatic heterocycles. The van der Waals surface area contributed by atoms with Crippen LogP contribution in [0.4, 0.5) is 13.2 Å². The molecule has 14 heavy (non-hydrogen) atoms. The fourth-order valence-electron chi connectivity index (χ4n) is 1.10. The van der Waals surface area contributed by atoms with E-state index in [2.05, 4.69) is 26.0 Å². The van der Waals surface area contributed by atoms with Crippen LogP contribution < -0.4 is 0 Å². The number of aromatic nitrogens is 3. The zero-order valence-corrected chi connectivity index (χ0v) is 8.15. The van der Waals surface area contributed by atoms with Crippen LogP contribution in [0.1, 0.15) is 5.69 Å². The highest BCUT2D eigenvalue weighted by atomic mass is 79.9. The molecule has 0 radical (unpaired) electrons. The van der Waals surface area contributed by atoms with Gasteiger partial charge < -0.3 is 0 Å². The van der Waals surface area contributed by atoms with Crippen molar-refractivity contribution < 1.29 is 13.2 Å². The monoisotopic (exact) mass is 265 g/mol. The first-order valence-electron chi connectivity index (χ1n) is 3.55. The van der Waals surface area contributed by atoms with Crippen LogP contribution in [0.3, 0.4) is 0 Å². The van der Waals surface area contributed by atoms with E-state index >= 15 is 0 Å². The molecule has 0 bridgehead atoms. The van der Waals surface area contributed by atoms with Gasteiger partial charge in [0.05, 0.1) is 6.20 Å². The van der Waals surface area contributed by atoms with Gasteiger partial charge in [-0.05, 0) is 22.0 Å². The summed E-state index contributed by atoms with van der Waals surface area (Å²) in [5, 5.41) is 5.46. The molecule has 0 atom stereocenters. The molecule has 0 aromatic carbocycles. The molecule has 2 rings (SSSR count). The zero-order valence-electron chi connectivity index (χ0n) is 6.56. The number of aromatic amines is 1. The highest BCUT2D eigenvalue weighted by Gasteiger charge is 2.35. The summed E-state index contributed by atoms with van der Waals surface area (Å²) in [5.41, 5.74) is -0.656.